The molecule has 1 heterocycles. The van der Waals surface area contributed by atoms with Crippen LogP contribution >= 0.6 is 0 Å². The van der Waals surface area contributed by atoms with Crippen molar-refractivity contribution in [2.75, 3.05) is 26.8 Å². The number of nitrogens with zero attached hydrogens (tertiary/aromatic N) is 1. The topological polar surface area (TPSA) is 21.7 Å². The Morgan fingerprint density at radius 1 is 1.04 bits per heavy atom. The van der Waals surface area contributed by atoms with E-state index >= 15 is 0 Å². The maximum absolute atomic E-state index is 5.72. The zero-order valence-electron chi connectivity index (χ0n) is 15.7. The van der Waals surface area contributed by atoms with Crippen LogP contribution in [0.1, 0.15) is 36.5 Å². The van der Waals surface area contributed by atoms with E-state index in [9.17, 15) is 0 Å². The fraction of sp³-hybridized carbons (Fsp3) is 0.391. The third-order valence-corrected chi connectivity index (χ3v) is 5.76. The van der Waals surface area contributed by atoms with Crippen molar-refractivity contribution in [1.82, 2.24) is 4.90 Å². The first-order valence-electron chi connectivity index (χ1n) is 9.55. The summed E-state index contributed by atoms with van der Waals surface area (Å²) in [6.07, 6.45) is 7.13. The van der Waals surface area contributed by atoms with Crippen LogP contribution in [-0.2, 0) is 12.0 Å². The molecule has 0 saturated carbocycles. The summed E-state index contributed by atoms with van der Waals surface area (Å²) in [6, 6.07) is 15.1. The minimum Gasteiger partial charge on any atom is -0.493 e. The van der Waals surface area contributed by atoms with Gasteiger partial charge in [0.05, 0.1) is 13.7 Å². The Morgan fingerprint density at radius 3 is 2.62 bits per heavy atom. The van der Waals surface area contributed by atoms with Crippen LogP contribution in [0.2, 0.25) is 0 Å². The van der Waals surface area contributed by atoms with Gasteiger partial charge in [0.15, 0.2) is 11.5 Å². The van der Waals surface area contributed by atoms with Crippen LogP contribution in [0.5, 0.6) is 11.5 Å². The van der Waals surface area contributed by atoms with Crippen molar-refractivity contribution in [1.29, 1.82) is 0 Å². The van der Waals surface area contributed by atoms with Gasteiger partial charge in [0.2, 0.25) is 0 Å². The largest absolute Gasteiger partial charge is 0.493 e. The standard InChI is InChI=1S/C23H27NO2/c1-3-26-22-16-18(8-9-21(22)25-2)17-24-14-12-23(13-15-24)11-10-19-6-4-5-7-20(19)23/h4-11,16H,3,12-15,17H2,1-2H3. The van der Waals surface area contributed by atoms with Gasteiger partial charge < -0.3 is 9.47 Å². The van der Waals surface area contributed by atoms with Gasteiger partial charge in [0, 0.05) is 12.0 Å². The fourth-order valence-electron chi connectivity index (χ4n) is 4.33. The molecule has 2 aromatic rings. The van der Waals surface area contributed by atoms with E-state index in [2.05, 4.69) is 53.5 Å². The Hall–Kier alpha value is -2.26. The first-order valence-corrected chi connectivity index (χ1v) is 9.55. The van der Waals surface area contributed by atoms with Gasteiger partial charge in [-0.25, -0.2) is 0 Å². The predicted molar refractivity (Wildman–Crippen MR) is 106 cm³/mol. The predicted octanol–water partition coefficient (Wildman–Crippen LogP) is 4.65. The Labute approximate surface area is 156 Å². The van der Waals surface area contributed by atoms with Gasteiger partial charge in [-0.2, -0.15) is 0 Å². The molecule has 3 nitrogen and oxygen atoms in total. The number of methoxy groups -OCH3 is 1. The number of ether oxygens (including phenoxy) is 2. The van der Waals surface area contributed by atoms with E-state index in [0.717, 1.165) is 31.1 Å². The average molecular weight is 349 g/mol. The lowest BCUT2D eigenvalue weighted by Gasteiger charge is -2.39. The second-order valence-electron chi connectivity index (χ2n) is 7.27. The molecule has 136 valence electrons. The van der Waals surface area contributed by atoms with Gasteiger partial charge in [0.1, 0.15) is 0 Å². The highest BCUT2D eigenvalue weighted by atomic mass is 16.5. The van der Waals surface area contributed by atoms with Gasteiger partial charge in [-0.05, 0) is 61.7 Å². The molecule has 1 fully saturated rings. The maximum atomic E-state index is 5.72. The van der Waals surface area contributed by atoms with Crippen LogP contribution in [0.25, 0.3) is 6.08 Å². The molecule has 0 radical (unpaired) electrons. The van der Waals surface area contributed by atoms with E-state index in [4.69, 9.17) is 9.47 Å². The van der Waals surface area contributed by atoms with Crippen molar-refractivity contribution in [2.24, 2.45) is 0 Å². The molecule has 3 heteroatoms. The van der Waals surface area contributed by atoms with Crippen LogP contribution in [0.15, 0.2) is 48.5 Å². The van der Waals surface area contributed by atoms with E-state index in [1.165, 1.54) is 29.5 Å². The van der Waals surface area contributed by atoms with E-state index in [-0.39, 0.29) is 5.41 Å². The van der Waals surface area contributed by atoms with Crippen molar-refractivity contribution < 1.29 is 9.47 Å². The quantitative estimate of drug-likeness (QED) is 0.784. The lowest BCUT2D eigenvalue weighted by Crippen LogP contribution is -2.40. The molecule has 0 aromatic heterocycles. The van der Waals surface area contributed by atoms with Crippen molar-refractivity contribution in [3.8, 4) is 11.5 Å². The normalized spacial score (nSPS) is 18.1. The number of hydrogen-bond donors (Lipinski definition) is 0. The highest BCUT2D eigenvalue weighted by Gasteiger charge is 2.37. The Morgan fingerprint density at radius 2 is 1.85 bits per heavy atom. The number of fused-ring (bicyclic) bond motifs is 2. The molecule has 0 unspecified atom stereocenters. The van der Waals surface area contributed by atoms with Crippen molar-refractivity contribution >= 4 is 6.08 Å². The fourth-order valence-corrected chi connectivity index (χ4v) is 4.33. The molecular formula is C23H27NO2. The summed E-state index contributed by atoms with van der Waals surface area (Å²) in [4.78, 5) is 2.55. The third kappa shape index (κ3) is 3.12. The van der Waals surface area contributed by atoms with Gasteiger partial charge in [-0.1, -0.05) is 42.5 Å². The number of piperidine rings is 1. The summed E-state index contributed by atoms with van der Waals surface area (Å²) in [6.45, 7) is 5.86. The molecule has 0 N–H and O–H groups in total. The van der Waals surface area contributed by atoms with E-state index in [0.29, 0.717) is 6.61 Å². The molecule has 0 amide bonds. The Balaban J connectivity index is 1.44. The number of hydrogen-bond acceptors (Lipinski definition) is 3. The molecule has 0 atom stereocenters. The summed E-state index contributed by atoms with van der Waals surface area (Å²) in [5, 5.41) is 0. The molecular weight excluding hydrogens is 322 g/mol. The molecule has 1 saturated heterocycles. The summed E-state index contributed by atoms with van der Waals surface area (Å²) >= 11 is 0. The van der Waals surface area contributed by atoms with E-state index < -0.39 is 0 Å². The van der Waals surface area contributed by atoms with E-state index in [1.54, 1.807) is 7.11 Å². The second-order valence-corrected chi connectivity index (χ2v) is 7.27. The van der Waals surface area contributed by atoms with Gasteiger partial charge in [-0.3, -0.25) is 4.90 Å². The lowest BCUT2D eigenvalue weighted by molar-refractivity contribution is 0.177. The molecule has 4 rings (SSSR count). The van der Waals surface area contributed by atoms with Crippen molar-refractivity contribution in [2.45, 2.75) is 31.7 Å². The lowest BCUT2D eigenvalue weighted by atomic mass is 9.74. The molecule has 1 spiro atoms. The molecule has 2 aromatic carbocycles. The molecule has 26 heavy (non-hydrogen) atoms. The summed E-state index contributed by atoms with van der Waals surface area (Å²) in [5.41, 5.74) is 4.46. The highest BCUT2D eigenvalue weighted by Crippen LogP contribution is 2.43. The zero-order chi connectivity index (χ0) is 18.0. The monoisotopic (exact) mass is 349 g/mol. The maximum Gasteiger partial charge on any atom is 0.161 e. The van der Waals surface area contributed by atoms with Crippen molar-refractivity contribution in [3.63, 3.8) is 0 Å². The number of allylic oxidation sites excluding steroid dienone is 1. The van der Waals surface area contributed by atoms with Crippen LogP contribution in [-0.4, -0.2) is 31.7 Å². The zero-order valence-corrected chi connectivity index (χ0v) is 15.7. The minimum absolute atomic E-state index is 0.253. The third-order valence-electron chi connectivity index (χ3n) is 5.76. The van der Waals surface area contributed by atoms with Crippen LogP contribution in [0.3, 0.4) is 0 Å². The number of benzene rings is 2. The molecule has 1 aliphatic heterocycles. The summed E-state index contributed by atoms with van der Waals surface area (Å²) < 4.78 is 11.1. The molecule has 1 aliphatic carbocycles. The second kappa shape index (κ2) is 7.16. The van der Waals surface area contributed by atoms with E-state index in [1.807, 2.05) is 13.0 Å². The van der Waals surface area contributed by atoms with Crippen molar-refractivity contribution in [3.05, 3.63) is 65.2 Å². The first-order chi connectivity index (χ1) is 12.7. The molecule has 2 aliphatic rings. The first kappa shape index (κ1) is 17.2. The van der Waals surface area contributed by atoms with Gasteiger partial charge in [0.25, 0.3) is 0 Å². The molecule has 0 bridgehead atoms. The van der Waals surface area contributed by atoms with Crippen LogP contribution < -0.4 is 9.47 Å². The van der Waals surface area contributed by atoms with Gasteiger partial charge >= 0.3 is 0 Å². The number of likely N-dealkylation sites (tertiary alicyclic amines) is 1. The Kier molecular flexibility index (Phi) is 4.73. The SMILES string of the molecule is CCOc1cc(CN2CCC3(C=Cc4ccccc43)CC2)ccc1OC. The van der Waals surface area contributed by atoms with Gasteiger partial charge in [-0.15, -0.1) is 0 Å². The average Bonchev–Trinajstić information content (AvgIpc) is 3.03. The summed E-state index contributed by atoms with van der Waals surface area (Å²) in [7, 11) is 1.69. The van der Waals surface area contributed by atoms with Crippen LogP contribution in [0, 0.1) is 0 Å². The minimum atomic E-state index is 0.253. The number of rotatable bonds is 5. The Bertz CT molecular complexity index is 804. The smallest absolute Gasteiger partial charge is 0.161 e. The van der Waals surface area contributed by atoms with Crippen LogP contribution in [0.4, 0.5) is 0 Å². The summed E-state index contributed by atoms with van der Waals surface area (Å²) in [5.74, 6) is 1.65. The highest BCUT2D eigenvalue weighted by molar-refractivity contribution is 5.65.